The first kappa shape index (κ1) is 15.5. The van der Waals surface area contributed by atoms with Gasteiger partial charge < -0.3 is 10.4 Å². The Labute approximate surface area is 128 Å². The maximum atomic E-state index is 11.9. The maximum Gasteiger partial charge on any atom is 0.238 e. The summed E-state index contributed by atoms with van der Waals surface area (Å²) in [5.74, 6) is 0.0921. The molecule has 0 radical (unpaired) electrons. The SMILES string of the molecule is CCc1nc(CN(C)CC(=O)Nc2ccc(O)cc2)cs1. The van der Waals surface area contributed by atoms with E-state index in [9.17, 15) is 9.90 Å². The van der Waals surface area contributed by atoms with Gasteiger partial charge in [-0.05, 0) is 37.7 Å². The van der Waals surface area contributed by atoms with Crippen molar-refractivity contribution in [3.05, 3.63) is 40.3 Å². The molecule has 1 heterocycles. The Morgan fingerprint density at radius 3 is 2.71 bits per heavy atom. The van der Waals surface area contributed by atoms with Crippen molar-refractivity contribution < 1.29 is 9.90 Å². The Bertz CT molecular complexity index is 595. The molecule has 0 atom stereocenters. The van der Waals surface area contributed by atoms with E-state index in [1.165, 1.54) is 0 Å². The van der Waals surface area contributed by atoms with Crippen LogP contribution in [0.25, 0.3) is 0 Å². The summed E-state index contributed by atoms with van der Waals surface area (Å²) >= 11 is 1.65. The summed E-state index contributed by atoms with van der Waals surface area (Å²) in [7, 11) is 1.89. The van der Waals surface area contributed by atoms with E-state index in [1.54, 1.807) is 35.6 Å². The number of carbonyl (C=O) groups excluding carboxylic acids is 1. The summed E-state index contributed by atoms with van der Waals surface area (Å²) in [6, 6.07) is 6.42. The molecule has 1 aromatic heterocycles. The number of phenols is 1. The minimum atomic E-state index is -0.0888. The van der Waals surface area contributed by atoms with E-state index >= 15 is 0 Å². The number of hydrogen-bond donors (Lipinski definition) is 2. The highest BCUT2D eigenvalue weighted by atomic mass is 32.1. The predicted octanol–water partition coefficient (Wildman–Crippen LogP) is 2.48. The van der Waals surface area contributed by atoms with Crippen LogP contribution >= 0.6 is 11.3 Å². The lowest BCUT2D eigenvalue weighted by atomic mass is 10.3. The van der Waals surface area contributed by atoms with Gasteiger partial charge >= 0.3 is 0 Å². The maximum absolute atomic E-state index is 11.9. The van der Waals surface area contributed by atoms with Gasteiger partial charge in [0.1, 0.15) is 5.75 Å². The molecule has 1 aromatic carbocycles. The van der Waals surface area contributed by atoms with Crippen LogP contribution in [0.5, 0.6) is 5.75 Å². The Morgan fingerprint density at radius 1 is 1.38 bits per heavy atom. The van der Waals surface area contributed by atoms with Crippen molar-refractivity contribution in [3.8, 4) is 5.75 Å². The second-order valence-corrected chi connectivity index (χ2v) is 5.80. The number of aromatic hydroxyl groups is 1. The van der Waals surface area contributed by atoms with Crippen LogP contribution in [0, 0.1) is 0 Å². The second kappa shape index (κ2) is 7.19. The van der Waals surface area contributed by atoms with Crippen LogP contribution in [-0.4, -0.2) is 34.5 Å². The van der Waals surface area contributed by atoms with E-state index in [0.717, 1.165) is 17.1 Å². The number of hydrogen-bond acceptors (Lipinski definition) is 5. The normalized spacial score (nSPS) is 10.8. The lowest BCUT2D eigenvalue weighted by Crippen LogP contribution is -2.29. The van der Waals surface area contributed by atoms with Gasteiger partial charge in [0.25, 0.3) is 0 Å². The molecule has 2 rings (SSSR count). The van der Waals surface area contributed by atoms with Gasteiger partial charge in [-0.1, -0.05) is 6.92 Å². The fourth-order valence-electron chi connectivity index (χ4n) is 1.91. The quantitative estimate of drug-likeness (QED) is 0.805. The van der Waals surface area contributed by atoms with Crippen LogP contribution in [0.15, 0.2) is 29.6 Å². The molecule has 0 aliphatic heterocycles. The number of aromatic nitrogens is 1. The van der Waals surface area contributed by atoms with Crippen molar-refractivity contribution in [1.82, 2.24) is 9.88 Å². The van der Waals surface area contributed by atoms with Gasteiger partial charge in [0, 0.05) is 17.6 Å². The van der Waals surface area contributed by atoms with E-state index in [4.69, 9.17) is 0 Å². The fourth-order valence-corrected chi connectivity index (χ4v) is 2.64. The molecule has 0 aliphatic carbocycles. The molecular weight excluding hydrogens is 286 g/mol. The largest absolute Gasteiger partial charge is 0.508 e. The molecule has 0 saturated heterocycles. The summed E-state index contributed by atoms with van der Waals surface area (Å²) in [6.45, 7) is 3.02. The number of amides is 1. The zero-order valence-electron chi connectivity index (χ0n) is 12.2. The first-order valence-electron chi connectivity index (χ1n) is 6.77. The summed E-state index contributed by atoms with van der Waals surface area (Å²) in [5, 5.41) is 15.1. The third-order valence-electron chi connectivity index (χ3n) is 2.90. The molecule has 2 aromatic rings. The number of phenolic OH excluding ortho intramolecular Hbond substituents is 1. The average Bonchev–Trinajstić information content (AvgIpc) is 2.88. The molecule has 0 aliphatic rings. The van der Waals surface area contributed by atoms with Gasteiger partial charge in [-0.15, -0.1) is 11.3 Å². The molecule has 5 nitrogen and oxygen atoms in total. The van der Waals surface area contributed by atoms with Crippen LogP contribution < -0.4 is 5.32 Å². The third kappa shape index (κ3) is 4.84. The Hall–Kier alpha value is -1.92. The van der Waals surface area contributed by atoms with Gasteiger partial charge in [-0.2, -0.15) is 0 Å². The summed E-state index contributed by atoms with van der Waals surface area (Å²) < 4.78 is 0. The molecule has 0 bridgehead atoms. The number of carbonyl (C=O) groups is 1. The minimum Gasteiger partial charge on any atom is -0.508 e. The molecule has 0 fully saturated rings. The first-order valence-corrected chi connectivity index (χ1v) is 7.65. The summed E-state index contributed by atoms with van der Waals surface area (Å²) in [6.07, 6.45) is 0.940. The van der Waals surface area contributed by atoms with E-state index in [2.05, 4.69) is 17.2 Å². The number of thiazole rings is 1. The van der Waals surface area contributed by atoms with Crippen LogP contribution in [-0.2, 0) is 17.8 Å². The number of anilines is 1. The van der Waals surface area contributed by atoms with Gasteiger partial charge in [0.05, 0.1) is 17.2 Å². The number of nitrogens with zero attached hydrogens (tertiary/aromatic N) is 2. The zero-order chi connectivity index (χ0) is 15.2. The zero-order valence-corrected chi connectivity index (χ0v) is 13.0. The molecule has 6 heteroatoms. The number of likely N-dealkylation sites (N-methyl/N-ethyl adjacent to an activating group) is 1. The molecule has 112 valence electrons. The topological polar surface area (TPSA) is 65.5 Å². The molecule has 21 heavy (non-hydrogen) atoms. The van der Waals surface area contributed by atoms with Crippen molar-refractivity contribution in [2.75, 3.05) is 18.9 Å². The van der Waals surface area contributed by atoms with Gasteiger partial charge in [-0.3, -0.25) is 9.69 Å². The fraction of sp³-hybridized carbons (Fsp3) is 0.333. The summed E-state index contributed by atoms with van der Waals surface area (Å²) in [5.41, 5.74) is 1.67. The second-order valence-electron chi connectivity index (χ2n) is 4.85. The van der Waals surface area contributed by atoms with Gasteiger partial charge in [0.2, 0.25) is 5.91 Å². The van der Waals surface area contributed by atoms with Gasteiger partial charge in [-0.25, -0.2) is 4.98 Å². The highest BCUT2D eigenvalue weighted by Gasteiger charge is 2.09. The van der Waals surface area contributed by atoms with Crippen molar-refractivity contribution in [3.63, 3.8) is 0 Å². The van der Waals surface area contributed by atoms with Crippen LogP contribution in [0.2, 0.25) is 0 Å². The number of aryl methyl sites for hydroxylation is 1. The Morgan fingerprint density at radius 2 is 2.10 bits per heavy atom. The van der Waals surface area contributed by atoms with E-state index < -0.39 is 0 Å². The monoisotopic (exact) mass is 305 g/mol. The highest BCUT2D eigenvalue weighted by molar-refractivity contribution is 7.09. The molecule has 1 amide bonds. The van der Waals surface area contributed by atoms with Gasteiger partial charge in [0.15, 0.2) is 0 Å². The van der Waals surface area contributed by atoms with Crippen molar-refractivity contribution in [1.29, 1.82) is 0 Å². The van der Waals surface area contributed by atoms with Crippen molar-refractivity contribution >= 4 is 22.9 Å². The molecule has 0 spiro atoms. The van der Waals surface area contributed by atoms with Crippen LogP contribution in [0.3, 0.4) is 0 Å². The minimum absolute atomic E-state index is 0.0888. The van der Waals surface area contributed by atoms with E-state index in [-0.39, 0.29) is 11.7 Å². The molecular formula is C15H19N3O2S. The average molecular weight is 305 g/mol. The number of nitrogens with one attached hydrogen (secondary N) is 1. The van der Waals surface area contributed by atoms with E-state index in [1.807, 2.05) is 17.3 Å². The first-order chi connectivity index (χ1) is 10.1. The van der Waals surface area contributed by atoms with Crippen LogP contribution in [0.4, 0.5) is 5.69 Å². The molecule has 2 N–H and O–H groups in total. The third-order valence-corrected chi connectivity index (χ3v) is 3.94. The van der Waals surface area contributed by atoms with Crippen molar-refractivity contribution in [2.45, 2.75) is 19.9 Å². The lowest BCUT2D eigenvalue weighted by molar-refractivity contribution is -0.117. The van der Waals surface area contributed by atoms with Crippen LogP contribution in [0.1, 0.15) is 17.6 Å². The highest BCUT2D eigenvalue weighted by Crippen LogP contribution is 2.14. The van der Waals surface area contributed by atoms with E-state index in [0.29, 0.717) is 18.8 Å². The van der Waals surface area contributed by atoms with Crippen molar-refractivity contribution in [2.24, 2.45) is 0 Å². The lowest BCUT2D eigenvalue weighted by Gasteiger charge is -2.15. The number of rotatable bonds is 6. The molecule has 0 unspecified atom stereocenters. The summed E-state index contributed by atoms with van der Waals surface area (Å²) in [4.78, 5) is 18.3. The standard InChI is InChI=1S/C15H19N3O2S/c1-3-15-17-12(10-21-15)8-18(2)9-14(20)16-11-4-6-13(19)7-5-11/h4-7,10,19H,3,8-9H2,1-2H3,(H,16,20). The Balaban J connectivity index is 1.82. The number of benzene rings is 1. The Kier molecular flexibility index (Phi) is 5.30. The molecule has 0 saturated carbocycles. The predicted molar refractivity (Wildman–Crippen MR) is 84.6 cm³/mol. The smallest absolute Gasteiger partial charge is 0.238 e.